The van der Waals surface area contributed by atoms with Gasteiger partial charge in [0.25, 0.3) is 0 Å². The molecule has 0 aromatic heterocycles. The van der Waals surface area contributed by atoms with E-state index in [1.807, 2.05) is 24.3 Å². The van der Waals surface area contributed by atoms with Crippen molar-refractivity contribution in [2.24, 2.45) is 11.8 Å². The standard InChI is InChI=1S/C14H17BrO3/c1-17-14(16)13(10-4-2-5-10)9-18-12-7-3-6-11(15)8-12/h3,6-8,10,13H,2,4-5,9H2,1H3. The summed E-state index contributed by atoms with van der Waals surface area (Å²) in [7, 11) is 1.44. The lowest BCUT2D eigenvalue weighted by atomic mass is 9.76. The molecule has 0 bridgehead atoms. The second kappa shape index (κ2) is 6.23. The predicted molar refractivity (Wildman–Crippen MR) is 72.5 cm³/mol. The predicted octanol–water partition coefficient (Wildman–Crippen LogP) is 3.42. The summed E-state index contributed by atoms with van der Waals surface area (Å²) in [6.07, 6.45) is 3.40. The maximum Gasteiger partial charge on any atom is 0.312 e. The van der Waals surface area contributed by atoms with E-state index in [1.54, 1.807) is 0 Å². The molecule has 0 radical (unpaired) electrons. The van der Waals surface area contributed by atoms with Gasteiger partial charge in [0.15, 0.2) is 0 Å². The quantitative estimate of drug-likeness (QED) is 0.782. The van der Waals surface area contributed by atoms with Crippen LogP contribution in [-0.2, 0) is 9.53 Å². The highest BCUT2D eigenvalue weighted by Gasteiger charge is 2.33. The van der Waals surface area contributed by atoms with Gasteiger partial charge >= 0.3 is 5.97 Å². The zero-order valence-corrected chi connectivity index (χ0v) is 12.0. The van der Waals surface area contributed by atoms with Crippen molar-refractivity contribution in [1.29, 1.82) is 0 Å². The molecule has 0 aliphatic heterocycles. The van der Waals surface area contributed by atoms with E-state index in [9.17, 15) is 4.79 Å². The molecular weight excluding hydrogens is 296 g/mol. The van der Waals surface area contributed by atoms with Crippen LogP contribution in [0.1, 0.15) is 19.3 Å². The second-order valence-electron chi connectivity index (χ2n) is 4.59. The number of halogens is 1. The minimum Gasteiger partial charge on any atom is -0.493 e. The van der Waals surface area contributed by atoms with E-state index < -0.39 is 0 Å². The molecule has 1 aromatic carbocycles. The van der Waals surface area contributed by atoms with Crippen LogP contribution in [0.3, 0.4) is 0 Å². The third-order valence-corrected chi connectivity index (χ3v) is 3.94. The van der Waals surface area contributed by atoms with Gasteiger partial charge in [-0.15, -0.1) is 0 Å². The van der Waals surface area contributed by atoms with E-state index in [2.05, 4.69) is 15.9 Å². The third kappa shape index (κ3) is 3.25. The number of rotatable bonds is 5. The van der Waals surface area contributed by atoms with Gasteiger partial charge in [0, 0.05) is 4.47 Å². The maximum atomic E-state index is 11.7. The lowest BCUT2D eigenvalue weighted by Gasteiger charge is -2.31. The van der Waals surface area contributed by atoms with Crippen LogP contribution in [0.5, 0.6) is 5.75 Å². The minimum atomic E-state index is -0.158. The molecule has 2 rings (SSSR count). The first kappa shape index (κ1) is 13.4. The van der Waals surface area contributed by atoms with Gasteiger partial charge in [0.1, 0.15) is 12.4 Å². The van der Waals surface area contributed by atoms with E-state index in [1.165, 1.54) is 13.5 Å². The smallest absolute Gasteiger partial charge is 0.312 e. The van der Waals surface area contributed by atoms with Gasteiger partial charge in [-0.2, -0.15) is 0 Å². The van der Waals surface area contributed by atoms with Crippen LogP contribution in [0.25, 0.3) is 0 Å². The normalized spacial score (nSPS) is 16.8. The van der Waals surface area contributed by atoms with E-state index in [-0.39, 0.29) is 11.9 Å². The number of carbonyl (C=O) groups excluding carboxylic acids is 1. The SMILES string of the molecule is COC(=O)C(COc1cccc(Br)c1)C1CCC1. The summed E-state index contributed by atoms with van der Waals surface area (Å²) in [5, 5.41) is 0. The summed E-state index contributed by atoms with van der Waals surface area (Å²) in [4.78, 5) is 11.7. The first-order valence-electron chi connectivity index (χ1n) is 6.17. The first-order valence-corrected chi connectivity index (χ1v) is 6.96. The van der Waals surface area contributed by atoms with Crippen molar-refractivity contribution in [3.8, 4) is 5.75 Å². The van der Waals surface area contributed by atoms with Crippen molar-refractivity contribution >= 4 is 21.9 Å². The first-order chi connectivity index (χ1) is 8.70. The van der Waals surface area contributed by atoms with Gasteiger partial charge in [-0.1, -0.05) is 28.4 Å². The fourth-order valence-corrected chi connectivity index (χ4v) is 2.51. The number of methoxy groups -OCH3 is 1. The Hall–Kier alpha value is -1.03. The molecule has 1 aliphatic rings. The van der Waals surface area contributed by atoms with Gasteiger partial charge in [-0.3, -0.25) is 4.79 Å². The molecule has 1 fully saturated rings. The topological polar surface area (TPSA) is 35.5 Å². The molecule has 98 valence electrons. The largest absolute Gasteiger partial charge is 0.493 e. The molecule has 4 heteroatoms. The molecule has 3 nitrogen and oxygen atoms in total. The summed E-state index contributed by atoms with van der Waals surface area (Å²) >= 11 is 3.39. The summed E-state index contributed by atoms with van der Waals surface area (Å²) in [5.41, 5.74) is 0. The number of hydrogen-bond acceptors (Lipinski definition) is 3. The van der Waals surface area contributed by atoms with E-state index in [0.717, 1.165) is 23.1 Å². The van der Waals surface area contributed by atoms with Crippen molar-refractivity contribution in [2.75, 3.05) is 13.7 Å². The third-order valence-electron chi connectivity index (χ3n) is 3.45. The Kier molecular flexibility index (Phi) is 4.64. The van der Waals surface area contributed by atoms with Crippen molar-refractivity contribution in [3.63, 3.8) is 0 Å². The Balaban J connectivity index is 1.94. The molecule has 0 amide bonds. The van der Waals surface area contributed by atoms with Crippen LogP contribution in [0.2, 0.25) is 0 Å². The fraction of sp³-hybridized carbons (Fsp3) is 0.500. The number of benzene rings is 1. The van der Waals surface area contributed by atoms with E-state index in [0.29, 0.717) is 12.5 Å². The molecule has 1 saturated carbocycles. The van der Waals surface area contributed by atoms with Gasteiger partial charge in [-0.25, -0.2) is 0 Å². The molecule has 1 aliphatic carbocycles. The molecule has 0 N–H and O–H groups in total. The monoisotopic (exact) mass is 312 g/mol. The van der Waals surface area contributed by atoms with Crippen LogP contribution in [-0.4, -0.2) is 19.7 Å². The van der Waals surface area contributed by atoms with Crippen LogP contribution in [0, 0.1) is 11.8 Å². The van der Waals surface area contributed by atoms with E-state index >= 15 is 0 Å². The fourth-order valence-electron chi connectivity index (χ4n) is 2.13. The lowest BCUT2D eigenvalue weighted by molar-refractivity contribution is -0.150. The molecule has 1 unspecified atom stereocenters. The van der Waals surface area contributed by atoms with Crippen molar-refractivity contribution in [2.45, 2.75) is 19.3 Å². The zero-order valence-electron chi connectivity index (χ0n) is 10.4. The summed E-state index contributed by atoms with van der Waals surface area (Å²) in [6, 6.07) is 7.64. The van der Waals surface area contributed by atoms with Crippen molar-refractivity contribution in [1.82, 2.24) is 0 Å². The zero-order chi connectivity index (χ0) is 13.0. The van der Waals surface area contributed by atoms with Gasteiger partial charge in [-0.05, 0) is 37.0 Å². The molecule has 1 aromatic rings. The molecule has 0 heterocycles. The number of hydrogen-bond donors (Lipinski definition) is 0. The summed E-state index contributed by atoms with van der Waals surface area (Å²) in [6.45, 7) is 0.397. The summed E-state index contributed by atoms with van der Waals surface area (Å²) in [5.74, 6) is 0.902. The average Bonchev–Trinajstić information content (AvgIpc) is 2.31. The van der Waals surface area contributed by atoms with Crippen molar-refractivity contribution < 1.29 is 14.3 Å². The Bertz CT molecular complexity index is 415. The number of ether oxygens (including phenoxy) is 2. The molecule has 1 atom stereocenters. The minimum absolute atomic E-state index is 0.136. The van der Waals surface area contributed by atoms with Gasteiger partial charge in [0.2, 0.25) is 0 Å². The average molecular weight is 313 g/mol. The van der Waals surface area contributed by atoms with E-state index in [4.69, 9.17) is 9.47 Å². The Morgan fingerprint density at radius 1 is 1.50 bits per heavy atom. The highest BCUT2D eigenvalue weighted by Crippen LogP contribution is 2.34. The highest BCUT2D eigenvalue weighted by atomic mass is 79.9. The molecule has 0 saturated heterocycles. The second-order valence-corrected chi connectivity index (χ2v) is 5.50. The highest BCUT2D eigenvalue weighted by molar-refractivity contribution is 9.10. The molecule has 18 heavy (non-hydrogen) atoms. The molecule has 0 spiro atoms. The Morgan fingerprint density at radius 3 is 2.83 bits per heavy atom. The Morgan fingerprint density at radius 2 is 2.28 bits per heavy atom. The van der Waals surface area contributed by atoms with Crippen LogP contribution in [0.4, 0.5) is 0 Å². The summed E-state index contributed by atoms with van der Waals surface area (Å²) < 4.78 is 11.5. The van der Waals surface area contributed by atoms with Crippen LogP contribution in [0.15, 0.2) is 28.7 Å². The number of esters is 1. The Labute approximate surface area is 116 Å². The van der Waals surface area contributed by atoms with Gasteiger partial charge in [0.05, 0.1) is 13.0 Å². The maximum absolute atomic E-state index is 11.7. The molecular formula is C14H17BrO3. The van der Waals surface area contributed by atoms with Crippen LogP contribution >= 0.6 is 15.9 Å². The van der Waals surface area contributed by atoms with Crippen LogP contribution < -0.4 is 4.74 Å². The lowest BCUT2D eigenvalue weighted by Crippen LogP contribution is -2.34. The van der Waals surface area contributed by atoms with Gasteiger partial charge < -0.3 is 9.47 Å². The van der Waals surface area contributed by atoms with Crippen molar-refractivity contribution in [3.05, 3.63) is 28.7 Å². The number of carbonyl (C=O) groups is 1.